The second kappa shape index (κ2) is 10.6. The zero-order valence-corrected chi connectivity index (χ0v) is 19.8. The van der Waals surface area contributed by atoms with Gasteiger partial charge in [-0.2, -0.15) is 5.10 Å². The van der Waals surface area contributed by atoms with Gasteiger partial charge in [-0.05, 0) is 38.5 Å². The lowest BCUT2D eigenvalue weighted by molar-refractivity contribution is 0.779. The molecule has 0 bridgehead atoms. The number of thiazole rings is 1. The van der Waals surface area contributed by atoms with Crippen molar-refractivity contribution in [1.82, 2.24) is 25.4 Å². The van der Waals surface area contributed by atoms with Crippen LogP contribution in [0.15, 0.2) is 41.5 Å². The molecule has 3 aromatic rings. The fraction of sp³-hybridized carbons (Fsp3) is 0.350. The summed E-state index contributed by atoms with van der Waals surface area (Å²) >= 11 is 1.76. The summed E-state index contributed by atoms with van der Waals surface area (Å²) < 4.78 is 1.91. The first-order chi connectivity index (χ1) is 13.1. The Morgan fingerprint density at radius 2 is 1.93 bits per heavy atom. The number of rotatable bonds is 6. The van der Waals surface area contributed by atoms with Gasteiger partial charge < -0.3 is 10.6 Å². The number of aromatic nitrogens is 3. The summed E-state index contributed by atoms with van der Waals surface area (Å²) in [5, 5.41) is 12.4. The summed E-state index contributed by atoms with van der Waals surface area (Å²) in [6, 6.07) is 10.3. The van der Waals surface area contributed by atoms with Gasteiger partial charge >= 0.3 is 0 Å². The van der Waals surface area contributed by atoms with E-state index in [0.29, 0.717) is 6.54 Å². The van der Waals surface area contributed by atoms with E-state index in [4.69, 9.17) is 0 Å². The van der Waals surface area contributed by atoms with Gasteiger partial charge in [0.15, 0.2) is 5.96 Å². The number of halogens is 1. The average molecular weight is 510 g/mol. The number of para-hydroxylation sites is 1. The van der Waals surface area contributed by atoms with Crippen LogP contribution in [-0.4, -0.2) is 34.3 Å². The second-order valence-corrected chi connectivity index (χ2v) is 7.67. The summed E-state index contributed by atoms with van der Waals surface area (Å²) in [7, 11) is 1.79. The highest BCUT2D eigenvalue weighted by Gasteiger charge is 2.07. The molecule has 0 aliphatic carbocycles. The van der Waals surface area contributed by atoms with E-state index in [0.717, 1.165) is 46.6 Å². The lowest BCUT2D eigenvalue weighted by Gasteiger charge is -2.14. The molecule has 0 spiro atoms. The van der Waals surface area contributed by atoms with E-state index in [2.05, 4.69) is 51.7 Å². The number of hydrogen-bond donors (Lipinski definition) is 2. The van der Waals surface area contributed by atoms with Crippen molar-refractivity contribution in [2.24, 2.45) is 4.99 Å². The first kappa shape index (κ1) is 22.4. The molecule has 0 amide bonds. The number of nitrogens with one attached hydrogen (secondary N) is 2. The van der Waals surface area contributed by atoms with E-state index >= 15 is 0 Å². The summed E-state index contributed by atoms with van der Waals surface area (Å²) in [5.41, 5.74) is 4.36. The number of aryl methyl sites for hydroxylation is 3. The highest BCUT2D eigenvalue weighted by molar-refractivity contribution is 14.0. The summed E-state index contributed by atoms with van der Waals surface area (Å²) in [4.78, 5) is 10.2. The molecule has 8 heteroatoms. The number of nitrogens with zero attached hydrogens (tertiary/aromatic N) is 4. The van der Waals surface area contributed by atoms with Gasteiger partial charge in [-0.15, -0.1) is 35.3 Å². The molecule has 2 N–H and O–H groups in total. The van der Waals surface area contributed by atoms with Crippen LogP contribution < -0.4 is 10.6 Å². The molecule has 2 heterocycles. The van der Waals surface area contributed by atoms with E-state index in [1.54, 1.807) is 18.4 Å². The molecule has 0 atom stereocenters. The van der Waals surface area contributed by atoms with Crippen LogP contribution in [-0.2, 0) is 13.0 Å². The van der Waals surface area contributed by atoms with Gasteiger partial charge in [-0.25, -0.2) is 9.67 Å². The molecule has 150 valence electrons. The van der Waals surface area contributed by atoms with Crippen LogP contribution in [0.2, 0.25) is 0 Å². The van der Waals surface area contributed by atoms with E-state index in [9.17, 15) is 0 Å². The van der Waals surface area contributed by atoms with Crippen LogP contribution in [0.1, 0.15) is 26.8 Å². The Labute approximate surface area is 187 Å². The minimum Gasteiger partial charge on any atom is -0.356 e. The topological polar surface area (TPSA) is 67.1 Å². The van der Waals surface area contributed by atoms with Crippen molar-refractivity contribution in [2.45, 2.75) is 33.7 Å². The van der Waals surface area contributed by atoms with Crippen molar-refractivity contribution in [3.05, 3.63) is 63.4 Å². The standard InChI is InChI=1S/C20H26N6S.HI/c1-14-10-12-26(25-14)18-8-6-5-7-17(18)13-23-20(21-4)22-11-9-19-24-15(2)16(3)27-19;/h5-8,10,12H,9,11,13H2,1-4H3,(H2,21,22,23);1H. The minimum atomic E-state index is 0. The molecular formula is C20H27IN6S. The van der Waals surface area contributed by atoms with Crippen LogP contribution >= 0.6 is 35.3 Å². The number of hydrogen-bond acceptors (Lipinski definition) is 4. The average Bonchev–Trinajstić information content (AvgIpc) is 3.23. The van der Waals surface area contributed by atoms with Gasteiger partial charge in [0.2, 0.25) is 0 Å². The molecule has 1 aromatic carbocycles. The Kier molecular flexibility index (Phi) is 8.43. The third-order valence-electron chi connectivity index (χ3n) is 4.33. The quantitative estimate of drug-likeness (QED) is 0.301. The van der Waals surface area contributed by atoms with Gasteiger partial charge in [-0.1, -0.05) is 18.2 Å². The summed E-state index contributed by atoms with van der Waals surface area (Å²) in [6.07, 6.45) is 2.88. The van der Waals surface area contributed by atoms with Crippen molar-refractivity contribution in [3.8, 4) is 5.69 Å². The first-order valence-electron chi connectivity index (χ1n) is 9.05. The van der Waals surface area contributed by atoms with Crippen molar-refractivity contribution in [2.75, 3.05) is 13.6 Å². The molecule has 6 nitrogen and oxygen atoms in total. The molecule has 0 fully saturated rings. The van der Waals surface area contributed by atoms with Crippen LogP contribution in [0.25, 0.3) is 5.69 Å². The molecular weight excluding hydrogens is 483 g/mol. The molecule has 0 radical (unpaired) electrons. The molecule has 0 unspecified atom stereocenters. The Bertz CT molecular complexity index is 911. The fourth-order valence-electron chi connectivity index (χ4n) is 2.77. The smallest absolute Gasteiger partial charge is 0.191 e. The zero-order chi connectivity index (χ0) is 19.2. The van der Waals surface area contributed by atoms with Crippen molar-refractivity contribution in [1.29, 1.82) is 0 Å². The normalized spacial score (nSPS) is 11.2. The maximum atomic E-state index is 4.58. The number of benzene rings is 1. The minimum absolute atomic E-state index is 0. The van der Waals surface area contributed by atoms with Crippen LogP contribution in [0.4, 0.5) is 0 Å². The molecule has 28 heavy (non-hydrogen) atoms. The van der Waals surface area contributed by atoms with Gasteiger partial charge in [0.25, 0.3) is 0 Å². The van der Waals surface area contributed by atoms with Gasteiger partial charge in [-0.3, -0.25) is 4.99 Å². The van der Waals surface area contributed by atoms with E-state index in [1.165, 1.54) is 4.88 Å². The number of aliphatic imine (C=N–C) groups is 1. The maximum absolute atomic E-state index is 4.58. The van der Waals surface area contributed by atoms with Crippen molar-refractivity contribution >= 4 is 41.3 Å². The molecule has 0 aliphatic heterocycles. The van der Waals surface area contributed by atoms with Crippen LogP contribution in [0.3, 0.4) is 0 Å². The zero-order valence-electron chi connectivity index (χ0n) is 16.7. The second-order valence-electron chi connectivity index (χ2n) is 6.38. The van der Waals surface area contributed by atoms with Crippen molar-refractivity contribution in [3.63, 3.8) is 0 Å². The Balaban J connectivity index is 0.00000280. The molecule has 0 saturated heterocycles. The van der Waals surface area contributed by atoms with Gasteiger partial charge in [0, 0.05) is 37.6 Å². The monoisotopic (exact) mass is 510 g/mol. The lowest BCUT2D eigenvalue weighted by atomic mass is 10.2. The van der Waals surface area contributed by atoms with E-state index < -0.39 is 0 Å². The highest BCUT2D eigenvalue weighted by Crippen LogP contribution is 2.16. The van der Waals surface area contributed by atoms with Crippen LogP contribution in [0, 0.1) is 20.8 Å². The highest BCUT2D eigenvalue weighted by atomic mass is 127. The molecule has 0 aliphatic rings. The Morgan fingerprint density at radius 1 is 1.14 bits per heavy atom. The number of guanidine groups is 1. The Morgan fingerprint density at radius 3 is 2.57 bits per heavy atom. The predicted octanol–water partition coefficient (Wildman–Crippen LogP) is 3.78. The SMILES string of the molecule is CN=C(NCCc1nc(C)c(C)s1)NCc1ccccc1-n1ccc(C)n1.I. The third kappa shape index (κ3) is 5.78. The van der Waals surface area contributed by atoms with E-state index in [1.807, 2.05) is 36.0 Å². The molecule has 0 saturated carbocycles. The lowest BCUT2D eigenvalue weighted by Crippen LogP contribution is -2.38. The van der Waals surface area contributed by atoms with Gasteiger partial charge in [0.05, 0.1) is 22.1 Å². The molecule has 3 rings (SSSR count). The van der Waals surface area contributed by atoms with Gasteiger partial charge in [0.1, 0.15) is 0 Å². The fourth-order valence-corrected chi connectivity index (χ4v) is 3.70. The third-order valence-corrected chi connectivity index (χ3v) is 5.47. The Hall–Kier alpha value is -1.94. The maximum Gasteiger partial charge on any atom is 0.191 e. The van der Waals surface area contributed by atoms with Crippen LogP contribution in [0.5, 0.6) is 0 Å². The largest absolute Gasteiger partial charge is 0.356 e. The summed E-state index contributed by atoms with van der Waals surface area (Å²) in [6.45, 7) is 7.63. The van der Waals surface area contributed by atoms with E-state index in [-0.39, 0.29) is 24.0 Å². The van der Waals surface area contributed by atoms with Crippen molar-refractivity contribution < 1.29 is 0 Å². The first-order valence-corrected chi connectivity index (χ1v) is 9.86. The predicted molar refractivity (Wildman–Crippen MR) is 127 cm³/mol. The molecule has 2 aromatic heterocycles. The summed E-state index contributed by atoms with van der Waals surface area (Å²) in [5.74, 6) is 0.784.